The molecular weight excluding hydrogens is 456 g/mol. The van der Waals surface area contributed by atoms with Crippen LogP contribution < -0.4 is 10.5 Å². The molecule has 0 saturated heterocycles. The largest absolute Gasteiger partial charge is 0.451 e. The fourth-order valence-corrected chi connectivity index (χ4v) is 3.75. The number of nitrogens with zero attached hydrogens (tertiary/aromatic N) is 2. The van der Waals surface area contributed by atoms with Crippen LogP contribution in [-0.2, 0) is 19.6 Å². The van der Waals surface area contributed by atoms with Gasteiger partial charge in [-0.2, -0.15) is 5.10 Å². The molecule has 0 spiro atoms. The molecule has 0 aliphatic heterocycles. The lowest BCUT2D eigenvalue weighted by Gasteiger charge is -2.09. The minimum Gasteiger partial charge on any atom is -0.451 e. The van der Waals surface area contributed by atoms with Crippen molar-refractivity contribution in [3.63, 3.8) is 0 Å². The lowest BCUT2D eigenvalue weighted by atomic mass is 10.1. The number of rotatable bonds is 7. The summed E-state index contributed by atoms with van der Waals surface area (Å²) in [5, 5.41) is 12.1. The number of carbonyl (C=O) groups excluding carboxylic acids is 2. The Balaban J connectivity index is 1.51. The number of para-hydroxylation sites is 1. The molecule has 0 radical (unpaired) electrons. The molecule has 0 fully saturated rings. The summed E-state index contributed by atoms with van der Waals surface area (Å²) in [5.74, 6) is -1.39. The number of carbonyl (C=O) groups is 2. The summed E-state index contributed by atoms with van der Waals surface area (Å²) >= 11 is 0. The van der Waals surface area contributed by atoms with E-state index >= 15 is 0 Å². The van der Waals surface area contributed by atoms with Crippen molar-refractivity contribution in [2.75, 3.05) is 11.9 Å². The van der Waals surface area contributed by atoms with E-state index in [0.717, 1.165) is 5.56 Å². The van der Waals surface area contributed by atoms with E-state index < -0.39 is 28.5 Å². The highest BCUT2D eigenvalue weighted by atomic mass is 32.2. The molecule has 0 atom stereocenters. The lowest BCUT2D eigenvalue weighted by molar-refractivity contribution is -0.119. The van der Waals surface area contributed by atoms with E-state index in [9.17, 15) is 18.0 Å². The molecule has 0 saturated carbocycles. The lowest BCUT2D eigenvalue weighted by Crippen LogP contribution is -2.22. The number of anilines is 1. The van der Waals surface area contributed by atoms with Gasteiger partial charge in [0.1, 0.15) is 0 Å². The Hall–Kier alpha value is -4.28. The number of esters is 1. The Morgan fingerprint density at radius 2 is 1.59 bits per heavy atom. The van der Waals surface area contributed by atoms with Crippen LogP contribution in [0.4, 0.5) is 5.69 Å². The number of nitrogens with two attached hydrogens (primary N) is 1. The number of aromatic nitrogens is 2. The van der Waals surface area contributed by atoms with Crippen molar-refractivity contribution in [3.8, 4) is 16.9 Å². The highest BCUT2D eigenvalue weighted by molar-refractivity contribution is 7.89. The number of hydrogen-bond donors (Lipinski definition) is 2. The van der Waals surface area contributed by atoms with E-state index in [1.54, 1.807) is 18.2 Å². The summed E-state index contributed by atoms with van der Waals surface area (Å²) in [7, 11) is -3.92. The van der Waals surface area contributed by atoms with Gasteiger partial charge in [-0.3, -0.25) is 4.79 Å². The molecule has 3 N–H and O–H groups in total. The summed E-state index contributed by atoms with van der Waals surface area (Å²) in [6.07, 6.45) is 0. The molecule has 0 unspecified atom stereocenters. The predicted octanol–water partition coefficient (Wildman–Crippen LogP) is 2.98. The predicted molar refractivity (Wildman–Crippen MR) is 126 cm³/mol. The number of benzene rings is 3. The molecule has 172 valence electrons. The first-order valence-electron chi connectivity index (χ1n) is 10.1. The smallest absolute Gasteiger partial charge is 0.357 e. The zero-order valence-electron chi connectivity index (χ0n) is 17.8. The van der Waals surface area contributed by atoms with Gasteiger partial charge in [-0.25, -0.2) is 23.0 Å². The zero-order valence-corrected chi connectivity index (χ0v) is 18.6. The molecule has 0 aliphatic carbocycles. The maximum absolute atomic E-state index is 12.9. The van der Waals surface area contributed by atoms with Gasteiger partial charge >= 0.3 is 5.97 Å². The molecule has 1 amide bonds. The number of primary sulfonamides is 1. The van der Waals surface area contributed by atoms with E-state index in [4.69, 9.17) is 9.88 Å². The summed E-state index contributed by atoms with van der Waals surface area (Å²) in [6.45, 7) is -0.584. The van der Waals surface area contributed by atoms with Crippen LogP contribution in [0.25, 0.3) is 16.9 Å². The van der Waals surface area contributed by atoms with Crippen LogP contribution in [0.3, 0.4) is 0 Å². The van der Waals surface area contributed by atoms with Crippen molar-refractivity contribution in [2.24, 2.45) is 5.14 Å². The summed E-state index contributed by atoms with van der Waals surface area (Å²) in [6, 6.07) is 25.5. The number of nitrogens with one attached hydrogen (secondary N) is 1. The van der Waals surface area contributed by atoms with Gasteiger partial charge in [0.05, 0.1) is 16.3 Å². The quantitative estimate of drug-likeness (QED) is 0.394. The first-order valence-corrected chi connectivity index (χ1v) is 11.7. The van der Waals surface area contributed by atoms with Crippen LogP contribution in [-0.4, -0.2) is 36.7 Å². The Bertz CT molecular complexity index is 1430. The van der Waals surface area contributed by atoms with E-state index in [1.807, 2.05) is 48.5 Å². The summed E-state index contributed by atoms with van der Waals surface area (Å²) in [4.78, 5) is 25.0. The highest BCUT2D eigenvalue weighted by Gasteiger charge is 2.20. The maximum atomic E-state index is 12.9. The minimum atomic E-state index is -3.92. The fourth-order valence-electron chi connectivity index (χ4n) is 3.20. The Kier molecular flexibility index (Phi) is 6.53. The average molecular weight is 477 g/mol. The number of sulfonamides is 1. The molecule has 3 aromatic carbocycles. The monoisotopic (exact) mass is 476 g/mol. The van der Waals surface area contributed by atoms with Crippen molar-refractivity contribution in [1.82, 2.24) is 9.78 Å². The molecule has 0 aliphatic rings. The van der Waals surface area contributed by atoms with Crippen LogP contribution in [0, 0.1) is 0 Å². The van der Waals surface area contributed by atoms with E-state index in [-0.39, 0.29) is 16.3 Å². The Morgan fingerprint density at radius 3 is 2.26 bits per heavy atom. The van der Waals surface area contributed by atoms with Gasteiger partial charge in [-0.15, -0.1) is 0 Å². The molecule has 4 rings (SSSR count). The first kappa shape index (κ1) is 22.9. The molecular formula is C24H20N4O5S. The molecule has 9 nitrogen and oxygen atoms in total. The number of ether oxygens (including phenoxy) is 1. The van der Waals surface area contributed by atoms with Crippen molar-refractivity contribution < 1.29 is 22.7 Å². The second-order valence-corrected chi connectivity index (χ2v) is 8.79. The van der Waals surface area contributed by atoms with Crippen molar-refractivity contribution >= 4 is 27.6 Å². The highest BCUT2D eigenvalue weighted by Crippen LogP contribution is 2.22. The van der Waals surface area contributed by atoms with E-state index in [1.165, 1.54) is 28.9 Å². The van der Waals surface area contributed by atoms with Crippen molar-refractivity contribution in [2.45, 2.75) is 4.90 Å². The van der Waals surface area contributed by atoms with Crippen molar-refractivity contribution in [1.29, 1.82) is 0 Å². The Morgan fingerprint density at radius 1 is 0.912 bits per heavy atom. The van der Waals surface area contributed by atoms with Crippen LogP contribution in [0.1, 0.15) is 10.5 Å². The molecule has 1 heterocycles. The second-order valence-electron chi connectivity index (χ2n) is 7.23. The third kappa shape index (κ3) is 5.37. The second kappa shape index (κ2) is 9.69. The maximum Gasteiger partial charge on any atom is 0.357 e. The molecule has 10 heteroatoms. The van der Waals surface area contributed by atoms with Crippen LogP contribution >= 0.6 is 0 Å². The number of amides is 1. The normalized spacial score (nSPS) is 11.1. The summed E-state index contributed by atoms with van der Waals surface area (Å²) < 4.78 is 29.6. The van der Waals surface area contributed by atoms with Gasteiger partial charge in [0, 0.05) is 11.3 Å². The molecule has 0 bridgehead atoms. The Labute approximate surface area is 195 Å². The number of hydrogen-bond acceptors (Lipinski definition) is 6. The standard InChI is InChI=1S/C24H20N4O5S/c25-34(31,32)20-13-7-10-18(14-20)26-23(29)16-33-24(30)22-15-21(17-8-3-1-4-9-17)27-28(22)19-11-5-2-6-12-19/h1-15H,16H2,(H,26,29)(H2,25,31,32). The van der Waals surface area contributed by atoms with Gasteiger partial charge in [0.25, 0.3) is 5.91 Å². The van der Waals surface area contributed by atoms with Crippen LogP contribution in [0.15, 0.2) is 95.9 Å². The SMILES string of the molecule is NS(=O)(=O)c1cccc(NC(=O)COC(=O)c2cc(-c3ccccc3)nn2-c2ccccc2)c1. The average Bonchev–Trinajstić information content (AvgIpc) is 3.29. The fraction of sp³-hybridized carbons (Fsp3) is 0.0417. The van der Waals surface area contributed by atoms with Crippen LogP contribution in [0.5, 0.6) is 0 Å². The van der Waals surface area contributed by atoms with E-state index in [0.29, 0.717) is 11.4 Å². The zero-order chi connectivity index (χ0) is 24.1. The van der Waals surface area contributed by atoms with Crippen LogP contribution in [0.2, 0.25) is 0 Å². The van der Waals surface area contributed by atoms with Gasteiger partial charge in [0.15, 0.2) is 12.3 Å². The summed E-state index contributed by atoms with van der Waals surface area (Å²) in [5.41, 5.74) is 2.39. The third-order valence-corrected chi connectivity index (χ3v) is 5.68. The molecule has 1 aromatic heterocycles. The first-order chi connectivity index (χ1) is 16.3. The topological polar surface area (TPSA) is 133 Å². The molecule has 34 heavy (non-hydrogen) atoms. The van der Waals surface area contributed by atoms with E-state index in [2.05, 4.69) is 10.4 Å². The van der Waals surface area contributed by atoms with Gasteiger partial charge in [-0.05, 0) is 36.4 Å². The van der Waals surface area contributed by atoms with Gasteiger partial charge in [-0.1, -0.05) is 54.6 Å². The molecule has 4 aromatic rings. The van der Waals surface area contributed by atoms with Gasteiger partial charge in [0.2, 0.25) is 10.0 Å². The minimum absolute atomic E-state index is 0.147. The third-order valence-electron chi connectivity index (χ3n) is 4.77. The van der Waals surface area contributed by atoms with Gasteiger partial charge < -0.3 is 10.1 Å². The van der Waals surface area contributed by atoms with Crippen molar-refractivity contribution in [3.05, 3.63) is 96.7 Å².